The SMILES string of the molecule is CC(C)(C)Nc1cc(C=O)ccc1-c1ccccn1. The van der Waals surface area contributed by atoms with E-state index in [9.17, 15) is 4.79 Å². The van der Waals surface area contributed by atoms with Gasteiger partial charge in [0.25, 0.3) is 0 Å². The van der Waals surface area contributed by atoms with Crippen LogP contribution in [0.25, 0.3) is 11.3 Å². The molecular weight excluding hydrogens is 236 g/mol. The predicted octanol–water partition coefficient (Wildman–Crippen LogP) is 3.77. The van der Waals surface area contributed by atoms with E-state index in [0.29, 0.717) is 5.56 Å². The van der Waals surface area contributed by atoms with E-state index in [0.717, 1.165) is 23.2 Å². The van der Waals surface area contributed by atoms with Gasteiger partial charge in [-0.05, 0) is 39.0 Å². The van der Waals surface area contributed by atoms with Gasteiger partial charge >= 0.3 is 0 Å². The summed E-state index contributed by atoms with van der Waals surface area (Å²) in [5.41, 5.74) is 3.40. The molecule has 0 saturated carbocycles. The number of anilines is 1. The Morgan fingerprint density at radius 2 is 1.95 bits per heavy atom. The van der Waals surface area contributed by atoms with Gasteiger partial charge in [0.15, 0.2) is 0 Å². The Bertz CT molecular complexity index is 571. The molecule has 0 spiro atoms. The van der Waals surface area contributed by atoms with Crippen molar-refractivity contribution in [3.8, 4) is 11.3 Å². The van der Waals surface area contributed by atoms with Gasteiger partial charge in [-0.25, -0.2) is 0 Å². The average molecular weight is 254 g/mol. The second kappa shape index (κ2) is 5.22. The zero-order valence-corrected chi connectivity index (χ0v) is 11.5. The van der Waals surface area contributed by atoms with Gasteiger partial charge in [-0.2, -0.15) is 0 Å². The van der Waals surface area contributed by atoms with Crippen LogP contribution in [0, 0.1) is 0 Å². The summed E-state index contributed by atoms with van der Waals surface area (Å²) in [5.74, 6) is 0. The maximum atomic E-state index is 10.9. The van der Waals surface area contributed by atoms with E-state index in [4.69, 9.17) is 0 Å². The maximum absolute atomic E-state index is 10.9. The van der Waals surface area contributed by atoms with E-state index >= 15 is 0 Å². The van der Waals surface area contributed by atoms with Crippen LogP contribution in [0.4, 0.5) is 5.69 Å². The van der Waals surface area contributed by atoms with Crippen LogP contribution in [0.15, 0.2) is 42.6 Å². The molecule has 3 heteroatoms. The highest BCUT2D eigenvalue weighted by molar-refractivity contribution is 5.84. The van der Waals surface area contributed by atoms with E-state index in [-0.39, 0.29) is 5.54 Å². The van der Waals surface area contributed by atoms with Gasteiger partial charge < -0.3 is 5.32 Å². The summed E-state index contributed by atoms with van der Waals surface area (Å²) in [5, 5.41) is 3.42. The molecule has 1 N–H and O–H groups in total. The lowest BCUT2D eigenvalue weighted by atomic mass is 10.0. The molecule has 0 saturated heterocycles. The van der Waals surface area contributed by atoms with Gasteiger partial charge in [-0.3, -0.25) is 9.78 Å². The first-order valence-corrected chi connectivity index (χ1v) is 6.28. The summed E-state index contributed by atoms with van der Waals surface area (Å²) < 4.78 is 0. The lowest BCUT2D eigenvalue weighted by Crippen LogP contribution is -2.26. The minimum Gasteiger partial charge on any atom is -0.380 e. The molecule has 0 bridgehead atoms. The highest BCUT2D eigenvalue weighted by atomic mass is 16.1. The molecule has 1 heterocycles. The molecule has 0 aliphatic carbocycles. The first-order chi connectivity index (χ1) is 8.99. The molecule has 19 heavy (non-hydrogen) atoms. The van der Waals surface area contributed by atoms with Gasteiger partial charge in [-0.15, -0.1) is 0 Å². The van der Waals surface area contributed by atoms with Crippen LogP contribution in [-0.2, 0) is 0 Å². The third kappa shape index (κ3) is 3.41. The molecule has 0 aliphatic heterocycles. The summed E-state index contributed by atoms with van der Waals surface area (Å²) in [4.78, 5) is 15.3. The molecule has 98 valence electrons. The Morgan fingerprint density at radius 1 is 1.16 bits per heavy atom. The van der Waals surface area contributed by atoms with Crippen LogP contribution < -0.4 is 5.32 Å². The number of nitrogens with zero attached hydrogens (tertiary/aromatic N) is 1. The molecule has 1 aromatic carbocycles. The van der Waals surface area contributed by atoms with Crippen molar-refractivity contribution in [1.82, 2.24) is 4.98 Å². The van der Waals surface area contributed by atoms with E-state index in [1.165, 1.54) is 0 Å². The number of rotatable bonds is 3. The zero-order valence-electron chi connectivity index (χ0n) is 11.5. The van der Waals surface area contributed by atoms with Crippen molar-refractivity contribution in [3.05, 3.63) is 48.2 Å². The standard InChI is InChI=1S/C16H18N2O/c1-16(2,3)18-15-10-12(11-19)7-8-13(15)14-6-4-5-9-17-14/h4-11,18H,1-3H3. The molecule has 3 nitrogen and oxygen atoms in total. The first kappa shape index (κ1) is 13.3. The third-order valence-corrected chi connectivity index (χ3v) is 2.63. The normalized spacial score (nSPS) is 11.1. The van der Waals surface area contributed by atoms with Crippen molar-refractivity contribution in [2.75, 3.05) is 5.32 Å². The van der Waals surface area contributed by atoms with Crippen molar-refractivity contribution < 1.29 is 4.79 Å². The fourth-order valence-corrected chi connectivity index (χ4v) is 1.89. The van der Waals surface area contributed by atoms with Gasteiger partial charge in [-0.1, -0.05) is 18.2 Å². The monoisotopic (exact) mass is 254 g/mol. The number of carbonyl (C=O) groups excluding carboxylic acids is 1. The van der Waals surface area contributed by atoms with E-state index in [1.807, 2.05) is 36.4 Å². The second-order valence-corrected chi connectivity index (χ2v) is 5.51. The lowest BCUT2D eigenvalue weighted by Gasteiger charge is -2.24. The number of aldehydes is 1. The zero-order chi connectivity index (χ0) is 13.9. The van der Waals surface area contributed by atoms with Crippen molar-refractivity contribution in [2.24, 2.45) is 0 Å². The van der Waals surface area contributed by atoms with Crippen molar-refractivity contribution in [1.29, 1.82) is 0 Å². The molecule has 0 aliphatic rings. The van der Waals surface area contributed by atoms with Crippen LogP contribution in [0.2, 0.25) is 0 Å². The topological polar surface area (TPSA) is 42.0 Å². The van der Waals surface area contributed by atoms with Crippen LogP contribution in [-0.4, -0.2) is 16.8 Å². The molecule has 0 unspecified atom stereocenters. The number of pyridine rings is 1. The van der Waals surface area contributed by atoms with Crippen LogP contribution >= 0.6 is 0 Å². The van der Waals surface area contributed by atoms with Gasteiger partial charge in [0, 0.05) is 28.6 Å². The predicted molar refractivity (Wildman–Crippen MR) is 78.4 cm³/mol. The van der Waals surface area contributed by atoms with Gasteiger partial charge in [0.2, 0.25) is 0 Å². The number of benzene rings is 1. The Kier molecular flexibility index (Phi) is 3.65. The number of carbonyl (C=O) groups is 1. The summed E-state index contributed by atoms with van der Waals surface area (Å²) in [6, 6.07) is 11.4. The van der Waals surface area contributed by atoms with Crippen LogP contribution in [0.1, 0.15) is 31.1 Å². The minimum atomic E-state index is -0.0783. The lowest BCUT2D eigenvalue weighted by molar-refractivity contribution is 0.112. The summed E-state index contributed by atoms with van der Waals surface area (Å²) in [6.07, 6.45) is 2.62. The number of aromatic nitrogens is 1. The molecule has 2 aromatic rings. The van der Waals surface area contributed by atoms with Crippen molar-refractivity contribution in [3.63, 3.8) is 0 Å². The first-order valence-electron chi connectivity index (χ1n) is 6.28. The molecule has 0 radical (unpaired) electrons. The molecule has 0 amide bonds. The summed E-state index contributed by atoms with van der Waals surface area (Å²) in [7, 11) is 0. The van der Waals surface area contributed by atoms with Crippen molar-refractivity contribution >= 4 is 12.0 Å². The van der Waals surface area contributed by atoms with E-state index < -0.39 is 0 Å². The Hall–Kier alpha value is -2.16. The highest BCUT2D eigenvalue weighted by Crippen LogP contribution is 2.29. The summed E-state index contributed by atoms with van der Waals surface area (Å²) in [6.45, 7) is 6.26. The second-order valence-electron chi connectivity index (χ2n) is 5.51. The Labute approximate surface area is 113 Å². The quantitative estimate of drug-likeness (QED) is 0.848. The Morgan fingerprint density at radius 3 is 2.53 bits per heavy atom. The maximum Gasteiger partial charge on any atom is 0.150 e. The van der Waals surface area contributed by atoms with Crippen LogP contribution in [0.3, 0.4) is 0 Å². The average Bonchev–Trinajstić information content (AvgIpc) is 2.38. The van der Waals surface area contributed by atoms with Crippen LogP contribution in [0.5, 0.6) is 0 Å². The van der Waals surface area contributed by atoms with E-state index in [2.05, 4.69) is 31.1 Å². The van der Waals surface area contributed by atoms with E-state index in [1.54, 1.807) is 6.20 Å². The molecular formula is C16H18N2O. The third-order valence-electron chi connectivity index (χ3n) is 2.63. The fraction of sp³-hybridized carbons (Fsp3) is 0.250. The number of nitrogens with one attached hydrogen (secondary N) is 1. The smallest absolute Gasteiger partial charge is 0.150 e. The fourth-order valence-electron chi connectivity index (χ4n) is 1.89. The Balaban J connectivity index is 2.51. The summed E-state index contributed by atoms with van der Waals surface area (Å²) >= 11 is 0. The van der Waals surface area contributed by atoms with Gasteiger partial charge in [0.1, 0.15) is 6.29 Å². The molecule has 2 rings (SSSR count). The minimum absolute atomic E-state index is 0.0783. The molecule has 0 atom stereocenters. The molecule has 1 aromatic heterocycles. The number of hydrogen-bond donors (Lipinski definition) is 1. The largest absolute Gasteiger partial charge is 0.380 e. The van der Waals surface area contributed by atoms with Gasteiger partial charge in [0.05, 0.1) is 5.69 Å². The van der Waals surface area contributed by atoms with Crippen molar-refractivity contribution in [2.45, 2.75) is 26.3 Å². The highest BCUT2D eigenvalue weighted by Gasteiger charge is 2.14. The molecule has 0 fully saturated rings. The number of hydrogen-bond acceptors (Lipinski definition) is 3.